The first-order chi connectivity index (χ1) is 7.70. The summed E-state index contributed by atoms with van der Waals surface area (Å²) < 4.78 is 0. The maximum atomic E-state index is 9.41. The summed E-state index contributed by atoms with van der Waals surface area (Å²) in [6.07, 6.45) is 1.76. The Morgan fingerprint density at radius 2 is 2.12 bits per heavy atom. The fourth-order valence-corrected chi connectivity index (χ4v) is 1.77. The van der Waals surface area contributed by atoms with Gasteiger partial charge < -0.3 is 10.8 Å². The van der Waals surface area contributed by atoms with Gasteiger partial charge in [-0.2, -0.15) is 0 Å². The Bertz CT molecular complexity index is 506. The van der Waals surface area contributed by atoms with E-state index in [0.29, 0.717) is 6.54 Å². The van der Waals surface area contributed by atoms with Gasteiger partial charge in [0.2, 0.25) is 0 Å². The summed E-state index contributed by atoms with van der Waals surface area (Å²) in [5.74, 6) is 0.959. The van der Waals surface area contributed by atoms with Gasteiger partial charge in [0.15, 0.2) is 0 Å². The molecule has 2 rings (SSSR count). The molecule has 0 amide bonds. The van der Waals surface area contributed by atoms with Crippen molar-refractivity contribution in [1.82, 2.24) is 9.97 Å². The number of phenolic OH excluding ortho intramolecular Hbond substituents is 1. The Hall–Kier alpha value is -1.68. The van der Waals surface area contributed by atoms with E-state index in [9.17, 15) is 5.11 Å². The number of fused-ring (bicyclic) bond motifs is 1. The molecule has 4 heteroatoms. The van der Waals surface area contributed by atoms with Crippen LogP contribution >= 0.6 is 0 Å². The van der Waals surface area contributed by atoms with Crippen LogP contribution in [-0.2, 0) is 6.42 Å². The zero-order valence-corrected chi connectivity index (χ0v) is 9.27. The average Bonchev–Trinajstić information content (AvgIpc) is 2.25. The molecule has 0 fully saturated rings. The molecule has 4 nitrogen and oxygen atoms in total. The number of hydrogen-bond acceptors (Lipinski definition) is 4. The molecule has 3 N–H and O–H groups in total. The summed E-state index contributed by atoms with van der Waals surface area (Å²) in [7, 11) is 0. The smallest absolute Gasteiger partial charge is 0.126 e. The third-order valence-corrected chi connectivity index (χ3v) is 2.49. The van der Waals surface area contributed by atoms with Crippen LogP contribution in [0, 0.1) is 6.92 Å². The molecular weight excluding hydrogens is 202 g/mol. The van der Waals surface area contributed by atoms with Gasteiger partial charge in [0.1, 0.15) is 11.6 Å². The molecule has 0 aliphatic carbocycles. The first kappa shape index (κ1) is 10.8. The topological polar surface area (TPSA) is 72.0 Å². The largest absolute Gasteiger partial charge is 0.508 e. The van der Waals surface area contributed by atoms with E-state index in [-0.39, 0.29) is 5.75 Å². The molecule has 16 heavy (non-hydrogen) atoms. The van der Waals surface area contributed by atoms with Crippen molar-refractivity contribution in [3.8, 4) is 5.75 Å². The second kappa shape index (κ2) is 4.45. The van der Waals surface area contributed by atoms with Gasteiger partial charge in [-0.15, -0.1) is 0 Å². The lowest BCUT2D eigenvalue weighted by Gasteiger charge is -2.06. The van der Waals surface area contributed by atoms with Crippen LogP contribution in [0.2, 0.25) is 0 Å². The monoisotopic (exact) mass is 217 g/mol. The number of aromatic nitrogens is 2. The molecule has 1 aromatic heterocycles. The van der Waals surface area contributed by atoms with E-state index in [1.54, 1.807) is 12.1 Å². The predicted octanol–water partition coefficient (Wildman–Crippen LogP) is 1.54. The van der Waals surface area contributed by atoms with Crippen LogP contribution in [0.1, 0.15) is 17.9 Å². The highest BCUT2D eigenvalue weighted by Crippen LogP contribution is 2.21. The van der Waals surface area contributed by atoms with Crippen molar-refractivity contribution in [2.45, 2.75) is 19.8 Å². The van der Waals surface area contributed by atoms with Gasteiger partial charge in [-0.3, -0.25) is 0 Å². The minimum atomic E-state index is 0.232. The van der Waals surface area contributed by atoms with Crippen LogP contribution in [-0.4, -0.2) is 21.6 Å². The number of aromatic hydroxyl groups is 1. The summed E-state index contributed by atoms with van der Waals surface area (Å²) in [5, 5.41) is 10.4. The maximum absolute atomic E-state index is 9.41. The molecule has 0 bridgehead atoms. The first-order valence-electron chi connectivity index (χ1n) is 5.37. The van der Waals surface area contributed by atoms with Gasteiger partial charge in [0.05, 0.1) is 11.2 Å². The molecule has 2 aromatic rings. The summed E-state index contributed by atoms with van der Waals surface area (Å²) in [4.78, 5) is 8.72. The second-order valence-electron chi connectivity index (χ2n) is 3.81. The maximum Gasteiger partial charge on any atom is 0.126 e. The molecule has 0 saturated heterocycles. The van der Waals surface area contributed by atoms with Crippen LogP contribution in [0.3, 0.4) is 0 Å². The van der Waals surface area contributed by atoms with Crippen molar-refractivity contribution in [2.24, 2.45) is 5.73 Å². The first-order valence-corrected chi connectivity index (χ1v) is 5.37. The summed E-state index contributed by atoms with van der Waals surface area (Å²) in [6, 6.07) is 5.18. The molecule has 0 aliphatic heterocycles. The molecule has 0 radical (unpaired) electrons. The van der Waals surface area contributed by atoms with E-state index >= 15 is 0 Å². The lowest BCUT2D eigenvalue weighted by molar-refractivity contribution is 0.476. The van der Waals surface area contributed by atoms with E-state index in [0.717, 1.165) is 35.3 Å². The minimum absolute atomic E-state index is 0.232. The van der Waals surface area contributed by atoms with E-state index in [4.69, 9.17) is 5.73 Å². The number of nitrogens with zero attached hydrogens (tertiary/aromatic N) is 2. The van der Waals surface area contributed by atoms with Crippen LogP contribution in [0.15, 0.2) is 18.2 Å². The van der Waals surface area contributed by atoms with E-state index < -0.39 is 0 Å². The molecule has 1 aromatic carbocycles. The van der Waals surface area contributed by atoms with Crippen molar-refractivity contribution in [3.63, 3.8) is 0 Å². The third kappa shape index (κ3) is 2.12. The van der Waals surface area contributed by atoms with Crippen molar-refractivity contribution in [1.29, 1.82) is 0 Å². The number of rotatable bonds is 3. The van der Waals surface area contributed by atoms with E-state index in [1.165, 1.54) is 0 Å². The number of nitrogens with two attached hydrogens (primary N) is 1. The lowest BCUT2D eigenvalue weighted by Crippen LogP contribution is -2.03. The third-order valence-electron chi connectivity index (χ3n) is 2.49. The fourth-order valence-electron chi connectivity index (χ4n) is 1.77. The highest BCUT2D eigenvalue weighted by molar-refractivity contribution is 5.82. The van der Waals surface area contributed by atoms with Gasteiger partial charge in [0.25, 0.3) is 0 Å². The second-order valence-corrected chi connectivity index (χ2v) is 3.81. The van der Waals surface area contributed by atoms with Gasteiger partial charge in [0, 0.05) is 11.5 Å². The Kier molecular flexibility index (Phi) is 3.01. The molecule has 0 unspecified atom stereocenters. The van der Waals surface area contributed by atoms with Crippen molar-refractivity contribution >= 4 is 10.9 Å². The highest BCUT2D eigenvalue weighted by atomic mass is 16.3. The highest BCUT2D eigenvalue weighted by Gasteiger charge is 2.05. The van der Waals surface area contributed by atoms with E-state index in [1.807, 2.05) is 13.0 Å². The summed E-state index contributed by atoms with van der Waals surface area (Å²) in [5.41, 5.74) is 7.30. The van der Waals surface area contributed by atoms with Crippen LogP contribution in [0.25, 0.3) is 10.9 Å². The lowest BCUT2D eigenvalue weighted by atomic mass is 10.1. The van der Waals surface area contributed by atoms with Gasteiger partial charge >= 0.3 is 0 Å². The van der Waals surface area contributed by atoms with Crippen LogP contribution < -0.4 is 5.73 Å². The molecule has 0 saturated carbocycles. The Labute approximate surface area is 94.1 Å². The minimum Gasteiger partial charge on any atom is -0.508 e. The SMILES string of the molecule is Cc1nc(CCCN)c2ccc(O)cc2n1. The zero-order valence-electron chi connectivity index (χ0n) is 9.27. The van der Waals surface area contributed by atoms with E-state index in [2.05, 4.69) is 9.97 Å². The Balaban J connectivity index is 2.54. The zero-order chi connectivity index (χ0) is 11.5. The van der Waals surface area contributed by atoms with Crippen molar-refractivity contribution < 1.29 is 5.11 Å². The Morgan fingerprint density at radius 3 is 2.88 bits per heavy atom. The molecule has 0 spiro atoms. The molecular formula is C12H15N3O. The van der Waals surface area contributed by atoms with Gasteiger partial charge in [-0.05, 0) is 38.4 Å². The van der Waals surface area contributed by atoms with Crippen LogP contribution in [0.5, 0.6) is 5.75 Å². The van der Waals surface area contributed by atoms with Gasteiger partial charge in [-0.1, -0.05) is 0 Å². The standard InChI is InChI=1S/C12H15N3O/c1-8-14-11(3-2-6-13)10-5-4-9(16)7-12(10)15-8/h4-5,7,16H,2-3,6,13H2,1H3. The molecule has 1 heterocycles. The van der Waals surface area contributed by atoms with Gasteiger partial charge in [-0.25, -0.2) is 9.97 Å². The summed E-state index contributed by atoms with van der Waals surface area (Å²) >= 11 is 0. The molecule has 84 valence electrons. The summed E-state index contributed by atoms with van der Waals surface area (Å²) in [6.45, 7) is 2.51. The predicted molar refractivity (Wildman–Crippen MR) is 63.3 cm³/mol. The normalized spacial score (nSPS) is 10.9. The van der Waals surface area contributed by atoms with Crippen molar-refractivity contribution in [3.05, 3.63) is 29.7 Å². The number of benzene rings is 1. The van der Waals surface area contributed by atoms with Crippen LogP contribution in [0.4, 0.5) is 0 Å². The average molecular weight is 217 g/mol. The molecule has 0 atom stereocenters. The van der Waals surface area contributed by atoms with Crippen molar-refractivity contribution in [2.75, 3.05) is 6.54 Å². The fraction of sp³-hybridized carbons (Fsp3) is 0.333. The Morgan fingerprint density at radius 1 is 1.31 bits per heavy atom. The number of aryl methyl sites for hydroxylation is 2. The quantitative estimate of drug-likeness (QED) is 0.818. The number of hydrogen-bond donors (Lipinski definition) is 2. The molecule has 0 aliphatic rings. The number of phenols is 1.